The van der Waals surface area contributed by atoms with E-state index in [1.165, 1.54) is 12.7 Å². The minimum absolute atomic E-state index is 0.326. The Kier molecular flexibility index (Phi) is 4.02. The molecule has 1 unspecified atom stereocenters. The van der Waals surface area contributed by atoms with Gasteiger partial charge in [0.2, 0.25) is 0 Å². The molecule has 5 heteroatoms. The van der Waals surface area contributed by atoms with Crippen molar-refractivity contribution in [2.45, 2.75) is 33.1 Å². The zero-order valence-corrected chi connectivity index (χ0v) is 12.6. The van der Waals surface area contributed by atoms with Gasteiger partial charge in [0.25, 0.3) is 0 Å². The summed E-state index contributed by atoms with van der Waals surface area (Å²) in [6, 6.07) is 0. The van der Waals surface area contributed by atoms with Crippen molar-refractivity contribution in [3.05, 3.63) is 17.0 Å². The maximum Gasteiger partial charge on any atom is 0.138 e. The summed E-state index contributed by atoms with van der Waals surface area (Å²) in [7, 11) is 0. The second-order valence-corrected chi connectivity index (χ2v) is 6.52. The molecular weight excluding hydrogens is 269 g/mol. The monoisotopic (exact) mass is 287 g/mol. The van der Waals surface area contributed by atoms with Crippen molar-refractivity contribution in [1.29, 1.82) is 0 Å². The largest absolute Gasteiger partial charge is 0.356 e. The maximum atomic E-state index is 6.07. The molecule has 0 N–H and O–H groups in total. The molecular formula is C13H19Cl2N3. The topological polar surface area (TPSA) is 29.0 Å². The van der Waals surface area contributed by atoms with Gasteiger partial charge in [0, 0.05) is 18.7 Å². The molecule has 0 spiro atoms. The van der Waals surface area contributed by atoms with Crippen molar-refractivity contribution in [3.8, 4) is 0 Å². The van der Waals surface area contributed by atoms with Crippen LogP contribution in [0.4, 0.5) is 5.82 Å². The average Bonchev–Trinajstić information content (AvgIpc) is 2.77. The normalized spacial score (nSPS) is 20.5. The van der Waals surface area contributed by atoms with E-state index < -0.39 is 0 Å². The smallest absolute Gasteiger partial charge is 0.138 e. The molecule has 100 valence electrons. The van der Waals surface area contributed by atoms with Crippen LogP contribution in [0.2, 0.25) is 5.15 Å². The molecule has 0 bridgehead atoms. The molecule has 2 heterocycles. The Morgan fingerprint density at radius 3 is 2.67 bits per heavy atom. The summed E-state index contributed by atoms with van der Waals surface area (Å²) < 4.78 is 0. The maximum absolute atomic E-state index is 6.07. The molecule has 3 nitrogen and oxygen atoms in total. The third kappa shape index (κ3) is 2.72. The lowest BCUT2D eigenvalue weighted by Gasteiger charge is -2.27. The Labute approximate surface area is 119 Å². The molecule has 0 aromatic carbocycles. The summed E-state index contributed by atoms with van der Waals surface area (Å²) in [4.78, 5) is 10.6. The first-order valence-electron chi connectivity index (χ1n) is 6.23. The van der Waals surface area contributed by atoms with E-state index in [1.807, 2.05) is 0 Å². The number of hydrogen-bond acceptors (Lipinski definition) is 3. The van der Waals surface area contributed by atoms with Gasteiger partial charge in [-0.05, 0) is 17.8 Å². The van der Waals surface area contributed by atoms with Gasteiger partial charge < -0.3 is 4.90 Å². The summed E-state index contributed by atoms with van der Waals surface area (Å²) >= 11 is 12.0. The fourth-order valence-corrected chi connectivity index (χ4v) is 2.94. The van der Waals surface area contributed by atoms with E-state index in [4.69, 9.17) is 23.2 Å². The van der Waals surface area contributed by atoms with Crippen molar-refractivity contribution in [1.82, 2.24) is 9.97 Å². The van der Waals surface area contributed by atoms with Gasteiger partial charge in [0.1, 0.15) is 17.3 Å². The highest BCUT2D eigenvalue weighted by atomic mass is 35.5. The second-order valence-electron chi connectivity index (χ2n) is 5.90. The summed E-state index contributed by atoms with van der Waals surface area (Å²) in [5.74, 6) is 1.93. The number of aromatic nitrogens is 2. The predicted octanol–water partition coefficient (Wildman–Crippen LogP) is 3.74. The quantitative estimate of drug-likeness (QED) is 0.613. The second kappa shape index (κ2) is 5.22. The lowest BCUT2D eigenvalue weighted by molar-refractivity contribution is 0.263. The molecule has 1 aromatic heterocycles. The molecule has 0 saturated carbocycles. The van der Waals surface area contributed by atoms with Crippen molar-refractivity contribution in [2.75, 3.05) is 18.0 Å². The van der Waals surface area contributed by atoms with E-state index in [9.17, 15) is 0 Å². The average molecular weight is 288 g/mol. The number of rotatable bonds is 2. The van der Waals surface area contributed by atoms with E-state index in [0.717, 1.165) is 24.5 Å². The third-order valence-electron chi connectivity index (χ3n) is 3.72. The van der Waals surface area contributed by atoms with Crippen molar-refractivity contribution < 1.29 is 0 Å². The fraction of sp³-hybridized carbons (Fsp3) is 0.692. The lowest BCUT2D eigenvalue weighted by Crippen LogP contribution is -2.27. The molecule has 1 aliphatic heterocycles. The van der Waals surface area contributed by atoms with Gasteiger partial charge in [0.05, 0.1) is 5.88 Å². The van der Waals surface area contributed by atoms with Crippen LogP contribution in [0.1, 0.15) is 32.8 Å². The van der Waals surface area contributed by atoms with Gasteiger partial charge in [-0.1, -0.05) is 32.4 Å². The first-order chi connectivity index (χ1) is 8.43. The van der Waals surface area contributed by atoms with Crippen LogP contribution in [0.3, 0.4) is 0 Å². The van der Waals surface area contributed by atoms with Crippen LogP contribution in [-0.4, -0.2) is 23.1 Å². The predicted molar refractivity (Wildman–Crippen MR) is 76.4 cm³/mol. The number of hydrogen-bond donors (Lipinski definition) is 0. The Balaban J connectivity index is 2.22. The first kappa shape index (κ1) is 13.9. The van der Waals surface area contributed by atoms with Crippen LogP contribution in [0.5, 0.6) is 0 Å². The number of halogens is 2. The molecule has 0 amide bonds. The van der Waals surface area contributed by atoms with Crippen LogP contribution in [-0.2, 0) is 5.88 Å². The van der Waals surface area contributed by atoms with E-state index in [1.54, 1.807) is 0 Å². The number of anilines is 1. The molecule has 1 fully saturated rings. The lowest BCUT2D eigenvalue weighted by atomic mass is 9.80. The highest BCUT2D eigenvalue weighted by Crippen LogP contribution is 2.36. The van der Waals surface area contributed by atoms with Crippen molar-refractivity contribution in [3.63, 3.8) is 0 Å². The van der Waals surface area contributed by atoms with Gasteiger partial charge in [0.15, 0.2) is 0 Å². The third-order valence-corrected chi connectivity index (χ3v) is 4.31. The Hall–Kier alpha value is -0.540. The first-order valence-corrected chi connectivity index (χ1v) is 7.15. The van der Waals surface area contributed by atoms with Crippen LogP contribution < -0.4 is 4.90 Å². The Bertz CT molecular complexity index is 429. The van der Waals surface area contributed by atoms with Gasteiger partial charge in [-0.2, -0.15) is 0 Å². The molecule has 1 saturated heterocycles. The van der Waals surface area contributed by atoms with Crippen LogP contribution in [0, 0.1) is 11.3 Å². The Morgan fingerprint density at radius 1 is 1.39 bits per heavy atom. The van der Waals surface area contributed by atoms with E-state index in [-0.39, 0.29) is 0 Å². The molecule has 1 aliphatic rings. The highest BCUT2D eigenvalue weighted by Gasteiger charge is 2.33. The fourth-order valence-electron chi connectivity index (χ4n) is 2.43. The molecule has 2 rings (SSSR count). The standard InChI is InChI=1S/C13H19Cl2N3/c1-13(2,3)9-4-5-18(7-9)12-10(6-14)11(15)16-8-17-12/h8-9H,4-7H2,1-3H3. The summed E-state index contributed by atoms with van der Waals surface area (Å²) in [6.45, 7) is 8.89. The Morgan fingerprint density at radius 2 is 2.11 bits per heavy atom. The minimum atomic E-state index is 0.326. The van der Waals surface area contributed by atoms with Gasteiger partial charge in [-0.25, -0.2) is 9.97 Å². The molecule has 0 radical (unpaired) electrons. The van der Waals surface area contributed by atoms with E-state index in [0.29, 0.717) is 22.4 Å². The van der Waals surface area contributed by atoms with Crippen molar-refractivity contribution in [2.24, 2.45) is 11.3 Å². The summed E-state index contributed by atoms with van der Waals surface area (Å²) in [5.41, 5.74) is 1.17. The number of nitrogens with zero attached hydrogens (tertiary/aromatic N) is 3. The highest BCUT2D eigenvalue weighted by molar-refractivity contribution is 6.31. The molecule has 0 aliphatic carbocycles. The molecule has 18 heavy (non-hydrogen) atoms. The molecule has 1 atom stereocenters. The summed E-state index contributed by atoms with van der Waals surface area (Å²) in [6.07, 6.45) is 2.70. The molecule has 1 aromatic rings. The SMILES string of the molecule is CC(C)(C)C1CCN(c2ncnc(Cl)c2CCl)C1. The van der Waals surface area contributed by atoms with Gasteiger partial charge >= 0.3 is 0 Å². The zero-order chi connectivity index (χ0) is 13.3. The van der Waals surface area contributed by atoms with Gasteiger partial charge in [-0.15, -0.1) is 11.6 Å². The van der Waals surface area contributed by atoms with E-state index in [2.05, 4.69) is 35.6 Å². The van der Waals surface area contributed by atoms with Crippen LogP contribution in [0.25, 0.3) is 0 Å². The summed E-state index contributed by atoms with van der Waals surface area (Å²) in [5, 5.41) is 0.467. The van der Waals surface area contributed by atoms with Crippen LogP contribution >= 0.6 is 23.2 Å². The minimum Gasteiger partial charge on any atom is -0.356 e. The van der Waals surface area contributed by atoms with Gasteiger partial charge in [-0.3, -0.25) is 0 Å². The zero-order valence-electron chi connectivity index (χ0n) is 11.1. The van der Waals surface area contributed by atoms with E-state index >= 15 is 0 Å². The number of alkyl halides is 1. The van der Waals surface area contributed by atoms with Crippen LogP contribution in [0.15, 0.2) is 6.33 Å². The van der Waals surface area contributed by atoms with Crippen molar-refractivity contribution >= 4 is 29.0 Å².